The van der Waals surface area contributed by atoms with E-state index >= 15 is 0 Å². The molecule has 1 unspecified atom stereocenters. The van der Waals surface area contributed by atoms with E-state index in [0.717, 1.165) is 27.3 Å². The minimum Gasteiger partial charge on any atom is -0.490 e. The molecule has 0 spiro atoms. The van der Waals surface area contributed by atoms with E-state index in [1.54, 1.807) is 0 Å². The summed E-state index contributed by atoms with van der Waals surface area (Å²) in [4.78, 5) is 0. The van der Waals surface area contributed by atoms with Gasteiger partial charge in [0, 0.05) is 10.8 Å². The van der Waals surface area contributed by atoms with Crippen LogP contribution in [-0.2, 0) is 0 Å². The molecule has 1 N–H and O–H groups in total. The highest BCUT2D eigenvalue weighted by Gasteiger charge is 2.10. The van der Waals surface area contributed by atoms with Crippen LogP contribution in [0.25, 0.3) is 21.5 Å². The maximum atomic E-state index is 9.74. The van der Waals surface area contributed by atoms with E-state index in [4.69, 9.17) is 4.74 Å². The first-order valence-corrected chi connectivity index (χ1v) is 7.01. The third kappa shape index (κ3) is 2.35. The second-order valence-electron chi connectivity index (χ2n) is 5.02. The van der Waals surface area contributed by atoms with Crippen LogP contribution in [0.3, 0.4) is 0 Å². The molecule has 2 heteroatoms. The molecular formula is C18H18O2. The third-order valence-corrected chi connectivity index (χ3v) is 3.61. The van der Waals surface area contributed by atoms with Gasteiger partial charge in [-0.1, -0.05) is 55.5 Å². The number of fused-ring (bicyclic) bond motifs is 2. The first kappa shape index (κ1) is 12.9. The fourth-order valence-electron chi connectivity index (χ4n) is 2.42. The molecule has 0 aliphatic rings. The lowest BCUT2D eigenvalue weighted by Gasteiger charge is -2.15. The molecule has 0 heterocycles. The van der Waals surface area contributed by atoms with Crippen LogP contribution in [0.4, 0.5) is 0 Å². The van der Waals surface area contributed by atoms with Crippen LogP contribution >= 0.6 is 0 Å². The van der Waals surface area contributed by atoms with Crippen molar-refractivity contribution >= 4 is 21.5 Å². The van der Waals surface area contributed by atoms with Crippen molar-refractivity contribution in [2.24, 2.45) is 0 Å². The van der Waals surface area contributed by atoms with Gasteiger partial charge in [0.25, 0.3) is 0 Å². The maximum Gasteiger partial charge on any atom is 0.135 e. The van der Waals surface area contributed by atoms with Crippen molar-refractivity contribution in [1.29, 1.82) is 0 Å². The molecule has 102 valence electrons. The van der Waals surface area contributed by atoms with E-state index in [9.17, 15) is 5.11 Å². The number of hydrogen-bond acceptors (Lipinski definition) is 2. The Morgan fingerprint density at radius 1 is 0.950 bits per heavy atom. The van der Waals surface area contributed by atoms with Gasteiger partial charge in [0.1, 0.15) is 12.4 Å². The summed E-state index contributed by atoms with van der Waals surface area (Å²) in [6.45, 7) is 2.28. The number of benzene rings is 3. The van der Waals surface area contributed by atoms with Gasteiger partial charge < -0.3 is 9.84 Å². The molecule has 0 amide bonds. The van der Waals surface area contributed by atoms with Crippen LogP contribution in [0.2, 0.25) is 0 Å². The zero-order valence-corrected chi connectivity index (χ0v) is 11.5. The van der Waals surface area contributed by atoms with Crippen LogP contribution in [0.5, 0.6) is 5.75 Å². The van der Waals surface area contributed by atoms with Crippen molar-refractivity contribution < 1.29 is 9.84 Å². The second kappa shape index (κ2) is 5.51. The second-order valence-corrected chi connectivity index (χ2v) is 5.02. The zero-order chi connectivity index (χ0) is 13.9. The van der Waals surface area contributed by atoms with Crippen molar-refractivity contribution in [3.8, 4) is 5.75 Å². The highest BCUT2D eigenvalue weighted by molar-refractivity contribution is 6.05. The van der Waals surface area contributed by atoms with Crippen molar-refractivity contribution in [3.05, 3.63) is 54.6 Å². The highest BCUT2D eigenvalue weighted by Crippen LogP contribution is 2.34. The molecule has 0 saturated heterocycles. The predicted octanol–water partition coefficient (Wildman–Crippen LogP) is 4.14. The Labute approximate surface area is 118 Å². The van der Waals surface area contributed by atoms with E-state index in [0.29, 0.717) is 13.0 Å². The smallest absolute Gasteiger partial charge is 0.135 e. The molecule has 0 bridgehead atoms. The first-order valence-electron chi connectivity index (χ1n) is 7.01. The van der Waals surface area contributed by atoms with Crippen molar-refractivity contribution in [1.82, 2.24) is 0 Å². The lowest BCUT2D eigenvalue weighted by molar-refractivity contribution is 0.106. The molecule has 0 saturated carbocycles. The van der Waals surface area contributed by atoms with Gasteiger partial charge in [-0.3, -0.25) is 0 Å². The van der Waals surface area contributed by atoms with Crippen molar-refractivity contribution in [3.63, 3.8) is 0 Å². The minimum absolute atomic E-state index is 0.328. The number of aliphatic hydroxyl groups excluding tert-OH is 1. The lowest BCUT2D eigenvalue weighted by atomic mass is 10.0. The summed E-state index contributed by atoms with van der Waals surface area (Å²) in [6.07, 6.45) is 0.274. The molecular weight excluding hydrogens is 248 g/mol. The third-order valence-electron chi connectivity index (χ3n) is 3.61. The molecule has 2 nitrogen and oxygen atoms in total. The Hall–Kier alpha value is -2.06. The van der Waals surface area contributed by atoms with Crippen LogP contribution in [0.15, 0.2) is 54.6 Å². The van der Waals surface area contributed by atoms with Gasteiger partial charge >= 0.3 is 0 Å². The van der Waals surface area contributed by atoms with Crippen LogP contribution in [0.1, 0.15) is 13.3 Å². The maximum absolute atomic E-state index is 9.74. The Morgan fingerprint density at radius 2 is 1.50 bits per heavy atom. The molecule has 20 heavy (non-hydrogen) atoms. The van der Waals surface area contributed by atoms with Gasteiger partial charge in [-0.05, 0) is 23.3 Å². The topological polar surface area (TPSA) is 29.5 Å². The molecule has 0 aromatic heterocycles. The van der Waals surface area contributed by atoms with Crippen LogP contribution in [-0.4, -0.2) is 17.8 Å². The average Bonchev–Trinajstić information content (AvgIpc) is 2.51. The fourth-order valence-corrected chi connectivity index (χ4v) is 2.42. The molecule has 3 aromatic rings. The number of hydrogen-bond donors (Lipinski definition) is 1. The number of aliphatic hydroxyl groups is 1. The standard InChI is InChI=1S/C18H18O2/c1-2-15(19)12-20-18-16-9-5-3-7-13(16)11-14-8-4-6-10-17(14)18/h3-11,15,19H,2,12H2,1H3. The van der Waals surface area contributed by atoms with Gasteiger partial charge in [-0.15, -0.1) is 0 Å². The summed E-state index contributed by atoms with van der Waals surface area (Å²) < 4.78 is 5.94. The molecule has 0 radical (unpaired) electrons. The number of rotatable bonds is 4. The van der Waals surface area contributed by atoms with Gasteiger partial charge in [0.15, 0.2) is 0 Å². The summed E-state index contributed by atoms with van der Waals surface area (Å²) in [7, 11) is 0. The quantitative estimate of drug-likeness (QED) is 0.719. The zero-order valence-electron chi connectivity index (χ0n) is 11.5. The number of ether oxygens (including phenoxy) is 1. The van der Waals surface area contributed by atoms with Gasteiger partial charge in [-0.25, -0.2) is 0 Å². The molecule has 0 aliphatic heterocycles. The van der Waals surface area contributed by atoms with Gasteiger partial charge in [-0.2, -0.15) is 0 Å². The molecule has 3 aromatic carbocycles. The van der Waals surface area contributed by atoms with E-state index < -0.39 is 6.10 Å². The summed E-state index contributed by atoms with van der Waals surface area (Å²) in [5.74, 6) is 0.867. The summed E-state index contributed by atoms with van der Waals surface area (Å²) >= 11 is 0. The lowest BCUT2D eigenvalue weighted by Crippen LogP contribution is -2.16. The van der Waals surface area contributed by atoms with E-state index in [1.165, 1.54) is 0 Å². The summed E-state index contributed by atoms with van der Waals surface area (Å²) in [6, 6.07) is 18.6. The predicted molar refractivity (Wildman–Crippen MR) is 83.2 cm³/mol. The van der Waals surface area contributed by atoms with E-state index in [1.807, 2.05) is 31.2 Å². The fraction of sp³-hybridized carbons (Fsp3) is 0.222. The highest BCUT2D eigenvalue weighted by atomic mass is 16.5. The Bertz CT molecular complexity index is 680. The SMILES string of the molecule is CCC(O)COc1c2ccccc2cc2ccccc12. The average molecular weight is 266 g/mol. The normalized spacial score (nSPS) is 12.7. The Morgan fingerprint density at radius 3 is 2.05 bits per heavy atom. The van der Waals surface area contributed by atoms with Gasteiger partial charge in [0.2, 0.25) is 0 Å². The van der Waals surface area contributed by atoms with E-state index in [-0.39, 0.29) is 0 Å². The minimum atomic E-state index is -0.423. The van der Waals surface area contributed by atoms with Crippen molar-refractivity contribution in [2.45, 2.75) is 19.4 Å². The molecule has 1 atom stereocenters. The van der Waals surface area contributed by atoms with Gasteiger partial charge in [0.05, 0.1) is 6.10 Å². The Kier molecular flexibility index (Phi) is 3.57. The first-order chi connectivity index (χ1) is 9.79. The molecule has 3 rings (SSSR count). The van der Waals surface area contributed by atoms with Crippen LogP contribution < -0.4 is 4.74 Å². The monoisotopic (exact) mass is 266 g/mol. The Balaban J connectivity index is 2.17. The summed E-state index contributed by atoms with van der Waals surface area (Å²) in [5, 5.41) is 14.2. The van der Waals surface area contributed by atoms with Crippen molar-refractivity contribution in [2.75, 3.05) is 6.61 Å². The largest absolute Gasteiger partial charge is 0.490 e. The van der Waals surface area contributed by atoms with E-state index in [2.05, 4.69) is 30.3 Å². The molecule has 0 fully saturated rings. The van der Waals surface area contributed by atoms with Crippen LogP contribution in [0, 0.1) is 0 Å². The molecule has 0 aliphatic carbocycles. The summed E-state index contributed by atoms with van der Waals surface area (Å²) in [5.41, 5.74) is 0.